The Kier molecular flexibility index (Phi) is 6.50. The minimum atomic E-state index is -4.22. The zero-order valence-electron chi connectivity index (χ0n) is 16.0. The molecule has 4 nitrogen and oxygen atoms in total. The molecule has 0 amide bonds. The molecule has 0 radical (unpaired) electrons. The normalized spacial score (nSPS) is 12.5. The van der Waals surface area contributed by atoms with Gasteiger partial charge in [-0.05, 0) is 47.9 Å². The minimum absolute atomic E-state index is 0.0580. The van der Waals surface area contributed by atoms with Crippen molar-refractivity contribution in [3.63, 3.8) is 0 Å². The number of hydrogen-bond acceptors (Lipinski definition) is 3. The van der Waals surface area contributed by atoms with Gasteiger partial charge in [-0.2, -0.15) is 13.5 Å². The summed E-state index contributed by atoms with van der Waals surface area (Å²) in [4.78, 5) is -0.115. The third kappa shape index (κ3) is 5.23. The molecule has 1 unspecified atom stereocenters. The van der Waals surface area contributed by atoms with E-state index in [1.54, 1.807) is 36.4 Å². The first kappa shape index (κ1) is 21.5. The van der Waals surface area contributed by atoms with Crippen molar-refractivity contribution in [1.29, 1.82) is 0 Å². The number of hydrogen-bond donors (Lipinski definition) is 1. The Morgan fingerprint density at radius 2 is 1.47 bits per heavy atom. The highest BCUT2D eigenvalue weighted by molar-refractivity contribution is 7.89. The van der Waals surface area contributed by atoms with Crippen LogP contribution >= 0.6 is 0 Å². The standard InChI is InChI=1S/C23H19F2NO3S/c1-29-20-14-12-19(13-15-20)22(26-30(27,28)21-10-6-3-7-11-21)23(24,25)17-16-18-8-4-2-5-9-18/h2-15,22,26H,1H3. The molecular weight excluding hydrogens is 408 g/mol. The molecule has 0 spiro atoms. The van der Waals surface area contributed by atoms with E-state index in [0.29, 0.717) is 11.3 Å². The van der Waals surface area contributed by atoms with E-state index < -0.39 is 22.0 Å². The van der Waals surface area contributed by atoms with Crippen molar-refractivity contribution in [2.45, 2.75) is 16.9 Å². The maximum atomic E-state index is 15.2. The Morgan fingerprint density at radius 3 is 2.03 bits per heavy atom. The van der Waals surface area contributed by atoms with E-state index in [9.17, 15) is 8.42 Å². The SMILES string of the molecule is COc1ccc(C(NS(=O)(=O)c2ccccc2)C(F)(F)C#Cc2ccccc2)cc1. The molecule has 0 aliphatic carbocycles. The number of methoxy groups -OCH3 is 1. The Morgan fingerprint density at radius 1 is 0.900 bits per heavy atom. The largest absolute Gasteiger partial charge is 0.497 e. The van der Waals surface area contributed by atoms with Gasteiger partial charge in [-0.3, -0.25) is 0 Å². The van der Waals surface area contributed by atoms with Crippen LogP contribution in [0.25, 0.3) is 0 Å². The van der Waals surface area contributed by atoms with Crippen LogP contribution in [-0.4, -0.2) is 21.5 Å². The molecule has 0 saturated carbocycles. The number of sulfonamides is 1. The van der Waals surface area contributed by atoms with Crippen molar-refractivity contribution in [3.8, 4) is 17.6 Å². The number of halogens is 2. The highest BCUT2D eigenvalue weighted by atomic mass is 32.2. The highest BCUT2D eigenvalue weighted by Crippen LogP contribution is 2.33. The predicted octanol–water partition coefficient (Wildman–Crippen LogP) is 4.40. The van der Waals surface area contributed by atoms with Crippen LogP contribution in [0.4, 0.5) is 8.78 Å². The molecule has 1 atom stereocenters. The molecule has 0 bridgehead atoms. The Hall–Kier alpha value is -3.21. The summed E-state index contributed by atoms with van der Waals surface area (Å²) < 4.78 is 63.0. The lowest BCUT2D eigenvalue weighted by molar-refractivity contribution is 0.0303. The maximum Gasteiger partial charge on any atom is 0.328 e. The predicted molar refractivity (Wildman–Crippen MR) is 111 cm³/mol. The van der Waals surface area contributed by atoms with Crippen LogP contribution in [0.1, 0.15) is 17.2 Å². The zero-order chi connectivity index (χ0) is 21.6. The van der Waals surface area contributed by atoms with Crippen molar-refractivity contribution < 1.29 is 21.9 Å². The van der Waals surface area contributed by atoms with E-state index in [0.717, 1.165) is 0 Å². The van der Waals surface area contributed by atoms with Crippen LogP contribution in [0.5, 0.6) is 5.75 Å². The molecule has 0 aliphatic heterocycles. The molecule has 0 saturated heterocycles. The Bertz CT molecular complexity index is 1140. The smallest absolute Gasteiger partial charge is 0.328 e. The van der Waals surface area contributed by atoms with Crippen molar-refractivity contribution >= 4 is 10.0 Å². The van der Waals surface area contributed by atoms with Crippen LogP contribution in [-0.2, 0) is 10.0 Å². The van der Waals surface area contributed by atoms with Gasteiger partial charge in [-0.25, -0.2) is 8.42 Å². The average molecular weight is 427 g/mol. The van der Waals surface area contributed by atoms with E-state index in [1.165, 1.54) is 55.6 Å². The fourth-order valence-corrected chi connectivity index (χ4v) is 3.97. The maximum absolute atomic E-state index is 15.2. The molecular formula is C23H19F2NO3S. The summed E-state index contributed by atoms with van der Waals surface area (Å²) in [5.74, 6) is 1.13. The van der Waals surface area contributed by atoms with E-state index >= 15 is 8.78 Å². The van der Waals surface area contributed by atoms with Gasteiger partial charge in [0, 0.05) is 5.56 Å². The van der Waals surface area contributed by atoms with Crippen molar-refractivity contribution in [1.82, 2.24) is 4.72 Å². The monoisotopic (exact) mass is 427 g/mol. The van der Waals surface area contributed by atoms with Gasteiger partial charge in [0.25, 0.3) is 0 Å². The van der Waals surface area contributed by atoms with E-state index in [4.69, 9.17) is 4.74 Å². The molecule has 0 heterocycles. The summed E-state index contributed by atoms with van der Waals surface area (Å²) in [5, 5.41) is 0. The van der Waals surface area contributed by atoms with Gasteiger partial charge in [0.2, 0.25) is 10.0 Å². The van der Waals surface area contributed by atoms with Crippen LogP contribution < -0.4 is 9.46 Å². The lowest BCUT2D eigenvalue weighted by Gasteiger charge is -2.24. The molecule has 3 aromatic rings. The lowest BCUT2D eigenvalue weighted by atomic mass is 10.0. The number of ether oxygens (including phenoxy) is 1. The van der Waals surface area contributed by atoms with Crippen LogP contribution in [0.2, 0.25) is 0 Å². The molecule has 1 N–H and O–H groups in total. The molecule has 3 aromatic carbocycles. The summed E-state index contributed by atoms with van der Waals surface area (Å²) in [6, 6.07) is 19.5. The minimum Gasteiger partial charge on any atom is -0.497 e. The number of benzene rings is 3. The van der Waals surface area contributed by atoms with Crippen LogP contribution in [0.15, 0.2) is 89.8 Å². The third-order valence-corrected chi connectivity index (χ3v) is 5.72. The number of alkyl halides is 2. The summed E-state index contributed by atoms with van der Waals surface area (Å²) in [6.07, 6.45) is 0. The lowest BCUT2D eigenvalue weighted by Crippen LogP contribution is -2.39. The number of rotatable bonds is 6. The van der Waals surface area contributed by atoms with Crippen molar-refractivity contribution in [2.24, 2.45) is 0 Å². The summed E-state index contributed by atoms with van der Waals surface area (Å²) in [7, 11) is -2.77. The molecule has 3 rings (SSSR count). The second-order valence-corrected chi connectivity index (χ2v) is 8.09. The first-order chi connectivity index (χ1) is 14.3. The second kappa shape index (κ2) is 9.08. The molecule has 0 aliphatic rings. The Labute approximate surface area is 174 Å². The fourth-order valence-electron chi connectivity index (χ4n) is 2.72. The fraction of sp³-hybridized carbons (Fsp3) is 0.130. The summed E-state index contributed by atoms with van der Waals surface area (Å²) >= 11 is 0. The van der Waals surface area contributed by atoms with Gasteiger partial charge in [-0.15, -0.1) is 0 Å². The van der Waals surface area contributed by atoms with Gasteiger partial charge in [0.1, 0.15) is 11.8 Å². The topological polar surface area (TPSA) is 55.4 Å². The van der Waals surface area contributed by atoms with Crippen LogP contribution in [0.3, 0.4) is 0 Å². The zero-order valence-corrected chi connectivity index (χ0v) is 16.9. The Balaban J connectivity index is 2.01. The van der Waals surface area contributed by atoms with E-state index in [2.05, 4.69) is 10.6 Å². The molecule has 0 fully saturated rings. The molecule has 154 valence electrons. The molecule has 30 heavy (non-hydrogen) atoms. The van der Waals surface area contributed by atoms with E-state index in [-0.39, 0.29) is 10.5 Å². The quantitative estimate of drug-likeness (QED) is 0.593. The van der Waals surface area contributed by atoms with Gasteiger partial charge in [0.15, 0.2) is 0 Å². The second-order valence-electron chi connectivity index (χ2n) is 6.38. The average Bonchev–Trinajstić information content (AvgIpc) is 2.77. The number of nitrogens with one attached hydrogen (secondary N) is 1. The van der Waals surface area contributed by atoms with Gasteiger partial charge >= 0.3 is 5.92 Å². The van der Waals surface area contributed by atoms with E-state index in [1.807, 2.05) is 5.92 Å². The third-order valence-electron chi connectivity index (χ3n) is 4.29. The first-order valence-electron chi connectivity index (χ1n) is 8.99. The van der Waals surface area contributed by atoms with Crippen molar-refractivity contribution in [2.75, 3.05) is 7.11 Å². The van der Waals surface area contributed by atoms with Crippen LogP contribution in [0, 0.1) is 11.8 Å². The van der Waals surface area contributed by atoms with Gasteiger partial charge < -0.3 is 4.74 Å². The first-order valence-corrected chi connectivity index (χ1v) is 10.5. The summed E-state index contributed by atoms with van der Waals surface area (Å²) in [5.41, 5.74) is 0.458. The summed E-state index contributed by atoms with van der Waals surface area (Å²) in [6.45, 7) is 0. The van der Waals surface area contributed by atoms with Gasteiger partial charge in [-0.1, -0.05) is 54.5 Å². The van der Waals surface area contributed by atoms with Crippen molar-refractivity contribution in [3.05, 3.63) is 96.1 Å². The molecule has 0 aromatic heterocycles. The van der Waals surface area contributed by atoms with Gasteiger partial charge in [0.05, 0.1) is 12.0 Å². The highest BCUT2D eigenvalue weighted by Gasteiger charge is 2.42. The molecule has 7 heteroatoms.